The predicted molar refractivity (Wildman–Crippen MR) is 93.0 cm³/mol. The third-order valence-corrected chi connectivity index (χ3v) is 4.41. The SMILES string of the molecule is O=c1c2ccccc2nc(N2CCCC2)n1Cc1ccccc1. The van der Waals surface area contributed by atoms with E-state index in [1.807, 2.05) is 47.0 Å². The molecule has 0 aliphatic carbocycles. The number of anilines is 1. The third-order valence-electron chi connectivity index (χ3n) is 4.41. The van der Waals surface area contributed by atoms with Crippen molar-refractivity contribution in [3.05, 3.63) is 70.5 Å². The van der Waals surface area contributed by atoms with Crippen LogP contribution in [-0.2, 0) is 6.54 Å². The van der Waals surface area contributed by atoms with Crippen molar-refractivity contribution >= 4 is 16.9 Å². The Labute approximate surface area is 135 Å². The molecule has 1 fully saturated rings. The highest BCUT2D eigenvalue weighted by Gasteiger charge is 2.20. The van der Waals surface area contributed by atoms with Crippen LogP contribution in [0.3, 0.4) is 0 Å². The highest BCUT2D eigenvalue weighted by Crippen LogP contribution is 2.20. The molecular formula is C19H19N3O. The number of hydrogen-bond donors (Lipinski definition) is 0. The topological polar surface area (TPSA) is 38.1 Å². The summed E-state index contributed by atoms with van der Waals surface area (Å²) in [4.78, 5) is 20.0. The fourth-order valence-corrected chi connectivity index (χ4v) is 3.22. The quantitative estimate of drug-likeness (QED) is 0.746. The molecule has 0 unspecified atom stereocenters. The van der Waals surface area contributed by atoms with Crippen LogP contribution in [0.15, 0.2) is 59.4 Å². The van der Waals surface area contributed by atoms with Crippen molar-refractivity contribution in [3.8, 4) is 0 Å². The zero-order valence-electron chi connectivity index (χ0n) is 13.0. The summed E-state index contributed by atoms with van der Waals surface area (Å²) in [6, 6.07) is 17.7. The van der Waals surface area contributed by atoms with E-state index in [1.54, 1.807) is 0 Å². The summed E-state index contributed by atoms with van der Waals surface area (Å²) in [5, 5.41) is 0.686. The van der Waals surface area contributed by atoms with E-state index in [0.717, 1.165) is 43.0 Å². The lowest BCUT2D eigenvalue weighted by Gasteiger charge is -2.22. The van der Waals surface area contributed by atoms with Crippen molar-refractivity contribution in [2.45, 2.75) is 19.4 Å². The van der Waals surface area contributed by atoms with Gasteiger partial charge in [-0.2, -0.15) is 0 Å². The van der Waals surface area contributed by atoms with Gasteiger partial charge in [-0.15, -0.1) is 0 Å². The molecule has 3 aromatic rings. The van der Waals surface area contributed by atoms with Gasteiger partial charge in [0.15, 0.2) is 0 Å². The van der Waals surface area contributed by atoms with Gasteiger partial charge in [0.2, 0.25) is 5.95 Å². The van der Waals surface area contributed by atoms with Gasteiger partial charge in [0.1, 0.15) is 0 Å². The van der Waals surface area contributed by atoms with E-state index in [1.165, 1.54) is 0 Å². The normalized spacial score (nSPS) is 14.5. The Hall–Kier alpha value is -2.62. The minimum Gasteiger partial charge on any atom is -0.342 e. The average Bonchev–Trinajstić information content (AvgIpc) is 3.13. The molecular weight excluding hydrogens is 286 g/mol. The number of benzene rings is 2. The van der Waals surface area contributed by atoms with Crippen molar-refractivity contribution in [3.63, 3.8) is 0 Å². The average molecular weight is 305 g/mol. The van der Waals surface area contributed by atoms with E-state index in [4.69, 9.17) is 4.98 Å². The fraction of sp³-hybridized carbons (Fsp3) is 0.263. The van der Waals surface area contributed by atoms with Gasteiger partial charge in [-0.3, -0.25) is 9.36 Å². The van der Waals surface area contributed by atoms with Gasteiger partial charge in [-0.1, -0.05) is 42.5 Å². The van der Waals surface area contributed by atoms with Crippen LogP contribution in [0.4, 0.5) is 5.95 Å². The first-order valence-electron chi connectivity index (χ1n) is 8.11. The molecule has 1 aliphatic heterocycles. The molecule has 1 aliphatic rings. The largest absolute Gasteiger partial charge is 0.342 e. The van der Waals surface area contributed by atoms with Gasteiger partial charge in [0.05, 0.1) is 17.4 Å². The van der Waals surface area contributed by atoms with E-state index in [-0.39, 0.29) is 5.56 Å². The van der Waals surface area contributed by atoms with Gasteiger partial charge in [0.25, 0.3) is 5.56 Å². The second-order valence-electron chi connectivity index (χ2n) is 6.00. The second-order valence-corrected chi connectivity index (χ2v) is 6.00. The summed E-state index contributed by atoms with van der Waals surface area (Å²) in [6.45, 7) is 2.50. The maximum Gasteiger partial charge on any atom is 0.263 e. The van der Waals surface area contributed by atoms with Crippen LogP contribution < -0.4 is 10.5 Å². The first-order chi connectivity index (χ1) is 11.3. The summed E-state index contributed by atoms with van der Waals surface area (Å²) in [6.07, 6.45) is 2.32. The minimum atomic E-state index is 0.0429. The molecule has 0 atom stereocenters. The molecule has 116 valence electrons. The van der Waals surface area contributed by atoms with Crippen LogP contribution in [0.5, 0.6) is 0 Å². The van der Waals surface area contributed by atoms with Crippen LogP contribution in [-0.4, -0.2) is 22.6 Å². The maximum atomic E-state index is 13.0. The van der Waals surface area contributed by atoms with Gasteiger partial charge in [0, 0.05) is 13.1 Å². The molecule has 0 bridgehead atoms. The standard InChI is InChI=1S/C19H19N3O/c23-18-16-10-4-5-11-17(16)20-19(21-12-6-7-13-21)22(18)14-15-8-2-1-3-9-15/h1-5,8-11H,6-7,12-14H2. The second kappa shape index (κ2) is 5.88. The number of nitrogens with zero attached hydrogens (tertiary/aromatic N) is 3. The molecule has 1 saturated heterocycles. The smallest absolute Gasteiger partial charge is 0.263 e. The molecule has 0 N–H and O–H groups in total. The van der Waals surface area contributed by atoms with Crippen molar-refractivity contribution in [1.82, 2.24) is 9.55 Å². The van der Waals surface area contributed by atoms with Crippen molar-refractivity contribution in [1.29, 1.82) is 0 Å². The molecule has 0 amide bonds. The number of para-hydroxylation sites is 1. The lowest BCUT2D eigenvalue weighted by molar-refractivity contribution is 0.716. The van der Waals surface area contributed by atoms with E-state index in [9.17, 15) is 4.79 Å². The Morgan fingerprint density at radius 3 is 2.39 bits per heavy atom. The van der Waals surface area contributed by atoms with Gasteiger partial charge < -0.3 is 4.90 Å². The Morgan fingerprint density at radius 1 is 0.913 bits per heavy atom. The van der Waals surface area contributed by atoms with Crippen LogP contribution >= 0.6 is 0 Å². The fourth-order valence-electron chi connectivity index (χ4n) is 3.22. The van der Waals surface area contributed by atoms with E-state index < -0.39 is 0 Å². The molecule has 2 heterocycles. The summed E-state index contributed by atoms with van der Waals surface area (Å²) < 4.78 is 1.82. The van der Waals surface area contributed by atoms with Gasteiger partial charge in [-0.25, -0.2) is 4.98 Å². The molecule has 0 spiro atoms. The summed E-state index contributed by atoms with van der Waals surface area (Å²) in [7, 11) is 0. The molecule has 23 heavy (non-hydrogen) atoms. The van der Waals surface area contributed by atoms with Crippen LogP contribution in [0.1, 0.15) is 18.4 Å². The van der Waals surface area contributed by atoms with E-state index >= 15 is 0 Å². The number of aromatic nitrogens is 2. The third kappa shape index (κ3) is 2.61. The number of hydrogen-bond acceptors (Lipinski definition) is 3. The predicted octanol–water partition coefficient (Wildman–Crippen LogP) is 3.05. The molecule has 4 nitrogen and oxygen atoms in total. The molecule has 4 rings (SSSR count). The summed E-state index contributed by atoms with van der Waals surface area (Å²) in [5.41, 5.74) is 1.94. The van der Waals surface area contributed by atoms with Crippen LogP contribution in [0.25, 0.3) is 10.9 Å². The Kier molecular flexibility index (Phi) is 3.58. The maximum absolute atomic E-state index is 13.0. The van der Waals surface area contributed by atoms with Crippen molar-refractivity contribution < 1.29 is 0 Å². The minimum absolute atomic E-state index is 0.0429. The Bertz CT molecular complexity index is 880. The van der Waals surface area contributed by atoms with Gasteiger partial charge >= 0.3 is 0 Å². The Morgan fingerprint density at radius 2 is 1.61 bits per heavy atom. The first-order valence-corrected chi connectivity index (χ1v) is 8.11. The number of rotatable bonds is 3. The zero-order chi connectivity index (χ0) is 15.6. The van der Waals surface area contributed by atoms with E-state index in [0.29, 0.717) is 11.9 Å². The van der Waals surface area contributed by atoms with E-state index in [2.05, 4.69) is 17.0 Å². The van der Waals surface area contributed by atoms with Gasteiger partial charge in [-0.05, 0) is 30.5 Å². The van der Waals surface area contributed by atoms with Crippen molar-refractivity contribution in [2.75, 3.05) is 18.0 Å². The summed E-state index contributed by atoms with van der Waals surface area (Å²) in [5.74, 6) is 0.801. The van der Waals surface area contributed by atoms with Crippen LogP contribution in [0, 0.1) is 0 Å². The zero-order valence-corrected chi connectivity index (χ0v) is 13.0. The molecule has 2 aromatic carbocycles. The molecule has 0 radical (unpaired) electrons. The molecule has 4 heteroatoms. The van der Waals surface area contributed by atoms with Crippen LogP contribution in [0.2, 0.25) is 0 Å². The first kappa shape index (κ1) is 14.0. The lowest BCUT2D eigenvalue weighted by atomic mass is 10.2. The highest BCUT2D eigenvalue weighted by molar-refractivity contribution is 5.78. The Balaban J connectivity index is 1.90. The highest BCUT2D eigenvalue weighted by atomic mass is 16.1. The molecule has 0 saturated carbocycles. The molecule has 1 aromatic heterocycles. The monoisotopic (exact) mass is 305 g/mol. The number of fused-ring (bicyclic) bond motifs is 1. The summed E-state index contributed by atoms with van der Waals surface area (Å²) >= 11 is 0. The van der Waals surface area contributed by atoms with Crippen molar-refractivity contribution in [2.24, 2.45) is 0 Å². The lowest BCUT2D eigenvalue weighted by Crippen LogP contribution is -2.31.